The molecule has 5 heteroatoms. The van der Waals surface area contributed by atoms with Gasteiger partial charge in [0, 0.05) is 24.5 Å². The van der Waals surface area contributed by atoms with E-state index in [0.29, 0.717) is 0 Å². The van der Waals surface area contributed by atoms with Gasteiger partial charge < -0.3 is 15.4 Å². The lowest BCUT2D eigenvalue weighted by molar-refractivity contribution is 0.131. The zero-order valence-corrected chi connectivity index (χ0v) is 12.1. The molecule has 0 saturated carbocycles. The summed E-state index contributed by atoms with van der Waals surface area (Å²) in [5.74, 6) is 1.78. The van der Waals surface area contributed by atoms with Gasteiger partial charge in [-0.15, -0.1) is 0 Å². The molecule has 2 N–H and O–H groups in total. The zero-order chi connectivity index (χ0) is 14.3. The number of ether oxygens (including phenoxy) is 1. The van der Waals surface area contributed by atoms with Crippen LogP contribution in [0.25, 0.3) is 10.9 Å². The Bertz CT molecular complexity index is 629. The molecule has 0 spiro atoms. The van der Waals surface area contributed by atoms with Crippen LogP contribution in [0.3, 0.4) is 0 Å². The molecular weight excluding hydrogens is 252 g/mol. The maximum atomic E-state index is 5.92. The van der Waals surface area contributed by atoms with Gasteiger partial charge in [0.25, 0.3) is 0 Å². The standard InChI is InChI=1S/C15H20N4O/c1-15(2,3)20-11-4-5-13-12(6-11)14(18-9-17-13)19-7-10(16)8-19/h4-6,9-10H,7-8,16H2,1-3H3. The molecular formula is C15H20N4O. The molecule has 1 aliphatic rings. The normalized spacial score (nSPS) is 16.3. The SMILES string of the molecule is CC(C)(C)Oc1ccc2ncnc(N3CC(N)C3)c2c1. The summed E-state index contributed by atoms with van der Waals surface area (Å²) in [5.41, 5.74) is 6.56. The van der Waals surface area contributed by atoms with Crippen LogP contribution in [-0.4, -0.2) is 34.7 Å². The molecule has 0 atom stereocenters. The van der Waals surface area contributed by atoms with E-state index < -0.39 is 0 Å². The molecule has 2 heterocycles. The van der Waals surface area contributed by atoms with Crippen LogP contribution in [0.15, 0.2) is 24.5 Å². The topological polar surface area (TPSA) is 64.3 Å². The fraction of sp³-hybridized carbons (Fsp3) is 0.467. The summed E-state index contributed by atoms with van der Waals surface area (Å²) in [6.07, 6.45) is 1.60. The molecule has 1 aromatic carbocycles. The van der Waals surface area contributed by atoms with E-state index in [2.05, 4.69) is 14.9 Å². The largest absolute Gasteiger partial charge is 0.488 e. The highest BCUT2D eigenvalue weighted by molar-refractivity contribution is 5.90. The molecule has 0 unspecified atom stereocenters. The fourth-order valence-corrected chi connectivity index (χ4v) is 2.38. The van der Waals surface area contributed by atoms with Crippen molar-refractivity contribution in [3.8, 4) is 5.75 Å². The van der Waals surface area contributed by atoms with Crippen molar-refractivity contribution in [3.05, 3.63) is 24.5 Å². The number of anilines is 1. The van der Waals surface area contributed by atoms with E-state index >= 15 is 0 Å². The molecule has 5 nitrogen and oxygen atoms in total. The van der Waals surface area contributed by atoms with Crippen LogP contribution in [0.1, 0.15) is 20.8 Å². The van der Waals surface area contributed by atoms with Gasteiger partial charge in [0.2, 0.25) is 0 Å². The van der Waals surface area contributed by atoms with Gasteiger partial charge >= 0.3 is 0 Å². The van der Waals surface area contributed by atoms with Gasteiger partial charge in [-0.25, -0.2) is 9.97 Å². The van der Waals surface area contributed by atoms with Gasteiger partial charge in [-0.3, -0.25) is 0 Å². The van der Waals surface area contributed by atoms with E-state index in [1.54, 1.807) is 6.33 Å². The van der Waals surface area contributed by atoms with Crippen LogP contribution in [0.5, 0.6) is 5.75 Å². The first-order valence-electron chi connectivity index (χ1n) is 6.87. The lowest BCUT2D eigenvalue weighted by atomic mass is 10.1. The van der Waals surface area contributed by atoms with Gasteiger partial charge in [0.15, 0.2) is 0 Å². The molecule has 0 amide bonds. The number of rotatable bonds is 2. The monoisotopic (exact) mass is 272 g/mol. The second-order valence-electron chi connectivity index (χ2n) is 6.26. The van der Waals surface area contributed by atoms with Gasteiger partial charge in [-0.2, -0.15) is 0 Å². The predicted octanol–water partition coefficient (Wildman–Crippen LogP) is 1.95. The van der Waals surface area contributed by atoms with Crippen molar-refractivity contribution in [1.29, 1.82) is 0 Å². The molecule has 0 aliphatic carbocycles. The number of fused-ring (bicyclic) bond motifs is 1. The Labute approximate surface area is 118 Å². The van der Waals surface area contributed by atoms with Crippen molar-refractivity contribution in [2.45, 2.75) is 32.4 Å². The Balaban J connectivity index is 2.00. The smallest absolute Gasteiger partial charge is 0.140 e. The van der Waals surface area contributed by atoms with Crippen molar-refractivity contribution in [2.24, 2.45) is 5.73 Å². The first-order chi connectivity index (χ1) is 9.42. The van der Waals surface area contributed by atoms with E-state index in [0.717, 1.165) is 35.6 Å². The Morgan fingerprint density at radius 3 is 2.65 bits per heavy atom. The lowest BCUT2D eigenvalue weighted by Crippen LogP contribution is -2.56. The highest BCUT2D eigenvalue weighted by atomic mass is 16.5. The van der Waals surface area contributed by atoms with Crippen LogP contribution in [0.2, 0.25) is 0 Å². The van der Waals surface area contributed by atoms with Gasteiger partial charge in [-0.05, 0) is 39.0 Å². The average Bonchev–Trinajstić information content (AvgIpc) is 2.32. The summed E-state index contributed by atoms with van der Waals surface area (Å²) < 4.78 is 5.92. The highest BCUT2D eigenvalue weighted by Crippen LogP contribution is 2.30. The average molecular weight is 272 g/mol. The molecule has 3 rings (SSSR count). The first-order valence-corrected chi connectivity index (χ1v) is 6.87. The van der Waals surface area contributed by atoms with Crippen molar-refractivity contribution >= 4 is 16.7 Å². The molecule has 1 saturated heterocycles. The van der Waals surface area contributed by atoms with E-state index in [4.69, 9.17) is 10.5 Å². The molecule has 0 bridgehead atoms. The van der Waals surface area contributed by atoms with Gasteiger partial charge in [-0.1, -0.05) is 0 Å². The van der Waals surface area contributed by atoms with Gasteiger partial charge in [0.05, 0.1) is 5.52 Å². The third kappa shape index (κ3) is 2.54. The molecule has 20 heavy (non-hydrogen) atoms. The molecule has 1 fully saturated rings. The number of nitrogens with two attached hydrogens (primary N) is 1. The number of hydrogen-bond donors (Lipinski definition) is 1. The Hall–Kier alpha value is -1.88. The Morgan fingerprint density at radius 2 is 2.00 bits per heavy atom. The fourth-order valence-electron chi connectivity index (χ4n) is 2.38. The minimum atomic E-state index is -0.220. The second kappa shape index (κ2) is 4.59. The first kappa shape index (κ1) is 13.1. The van der Waals surface area contributed by atoms with Crippen LogP contribution in [0.4, 0.5) is 5.82 Å². The Kier molecular flexibility index (Phi) is 3.01. The van der Waals surface area contributed by atoms with Crippen molar-refractivity contribution < 1.29 is 4.74 Å². The predicted molar refractivity (Wildman–Crippen MR) is 80.1 cm³/mol. The lowest BCUT2D eigenvalue weighted by Gasteiger charge is -2.38. The van der Waals surface area contributed by atoms with E-state index in [1.807, 2.05) is 39.0 Å². The number of benzene rings is 1. The second-order valence-corrected chi connectivity index (χ2v) is 6.26. The Morgan fingerprint density at radius 1 is 1.25 bits per heavy atom. The molecule has 1 aliphatic heterocycles. The van der Waals surface area contributed by atoms with Gasteiger partial charge in [0.1, 0.15) is 23.5 Å². The summed E-state index contributed by atoms with van der Waals surface area (Å²) in [6, 6.07) is 6.18. The minimum absolute atomic E-state index is 0.220. The number of hydrogen-bond acceptors (Lipinski definition) is 5. The minimum Gasteiger partial charge on any atom is -0.488 e. The summed E-state index contributed by atoms with van der Waals surface area (Å²) in [5, 5.41) is 1.01. The summed E-state index contributed by atoms with van der Waals surface area (Å²) in [6.45, 7) is 7.79. The van der Waals surface area contributed by atoms with E-state index in [9.17, 15) is 0 Å². The molecule has 2 aromatic rings. The maximum Gasteiger partial charge on any atom is 0.140 e. The number of nitrogens with zero attached hydrogens (tertiary/aromatic N) is 3. The highest BCUT2D eigenvalue weighted by Gasteiger charge is 2.26. The van der Waals surface area contributed by atoms with Crippen molar-refractivity contribution in [1.82, 2.24) is 9.97 Å². The quantitative estimate of drug-likeness (QED) is 0.905. The van der Waals surface area contributed by atoms with Crippen molar-refractivity contribution in [3.63, 3.8) is 0 Å². The molecule has 106 valence electrons. The van der Waals surface area contributed by atoms with Crippen LogP contribution in [0, 0.1) is 0 Å². The third-order valence-electron chi connectivity index (χ3n) is 3.22. The maximum absolute atomic E-state index is 5.92. The summed E-state index contributed by atoms with van der Waals surface area (Å²) in [7, 11) is 0. The summed E-state index contributed by atoms with van der Waals surface area (Å²) >= 11 is 0. The van der Waals surface area contributed by atoms with Crippen molar-refractivity contribution in [2.75, 3.05) is 18.0 Å². The van der Waals surface area contributed by atoms with Crippen LogP contribution in [-0.2, 0) is 0 Å². The zero-order valence-electron chi connectivity index (χ0n) is 12.1. The van der Waals surface area contributed by atoms with E-state index in [1.165, 1.54) is 0 Å². The summed E-state index contributed by atoms with van der Waals surface area (Å²) in [4.78, 5) is 10.9. The van der Waals surface area contributed by atoms with Crippen LogP contribution >= 0.6 is 0 Å². The van der Waals surface area contributed by atoms with E-state index in [-0.39, 0.29) is 11.6 Å². The molecule has 1 aromatic heterocycles. The third-order valence-corrected chi connectivity index (χ3v) is 3.22. The molecule has 0 radical (unpaired) electrons. The number of aromatic nitrogens is 2. The van der Waals surface area contributed by atoms with Crippen LogP contribution < -0.4 is 15.4 Å².